The van der Waals surface area contributed by atoms with Crippen LogP contribution in [0.25, 0.3) is 10.4 Å². The zero-order valence-corrected chi connectivity index (χ0v) is 12.1. The molecule has 0 aliphatic heterocycles. The molecule has 3 aromatic rings. The van der Waals surface area contributed by atoms with E-state index in [1.807, 2.05) is 53.9 Å². The van der Waals surface area contributed by atoms with Crippen LogP contribution >= 0.6 is 11.3 Å². The highest BCUT2D eigenvalue weighted by atomic mass is 32.1. The molecule has 3 rings (SSSR count). The van der Waals surface area contributed by atoms with Crippen LogP contribution in [0.1, 0.15) is 11.1 Å². The minimum absolute atomic E-state index is 0.593. The Balaban J connectivity index is 1.89. The number of benzene rings is 1. The molecule has 21 heavy (non-hydrogen) atoms. The van der Waals surface area contributed by atoms with Crippen LogP contribution in [0.4, 0.5) is 5.82 Å². The average Bonchev–Trinajstić information content (AvgIpc) is 3.07. The second kappa shape index (κ2) is 6.21. The topological polar surface area (TPSA) is 48.7 Å². The van der Waals surface area contributed by atoms with Gasteiger partial charge in [0, 0.05) is 23.2 Å². The van der Waals surface area contributed by atoms with Crippen LogP contribution in [0, 0.1) is 11.3 Å². The number of thiophene rings is 1. The minimum Gasteiger partial charge on any atom is -0.365 e. The summed E-state index contributed by atoms with van der Waals surface area (Å²) in [5, 5.41) is 14.7. The van der Waals surface area contributed by atoms with Crippen molar-refractivity contribution in [3.63, 3.8) is 0 Å². The first-order chi connectivity index (χ1) is 10.4. The lowest BCUT2D eigenvalue weighted by Crippen LogP contribution is -2.04. The Morgan fingerprint density at radius 3 is 2.67 bits per heavy atom. The van der Waals surface area contributed by atoms with Gasteiger partial charge in [0.25, 0.3) is 0 Å². The summed E-state index contributed by atoms with van der Waals surface area (Å²) < 4.78 is 0. The molecule has 0 radical (unpaired) electrons. The normalized spacial score (nSPS) is 10.0. The number of anilines is 1. The van der Waals surface area contributed by atoms with Gasteiger partial charge in [0.2, 0.25) is 0 Å². The van der Waals surface area contributed by atoms with Crippen molar-refractivity contribution in [3.05, 3.63) is 71.2 Å². The first kappa shape index (κ1) is 13.3. The number of nitriles is 1. The molecule has 4 heteroatoms. The summed E-state index contributed by atoms with van der Waals surface area (Å²) in [6.07, 6.45) is 1.74. The molecular weight excluding hydrogens is 278 g/mol. The van der Waals surface area contributed by atoms with Crippen molar-refractivity contribution < 1.29 is 0 Å². The molecule has 3 nitrogen and oxygen atoms in total. The van der Waals surface area contributed by atoms with Gasteiger partial charge < -0.3 is 5.32 Å². The van der Waals surface area contributed by atoms with Crippen LogP contribution in [0.2, 0.25) is 0 Å². The van der Waals surface area contributed by atoms with E-state index in [-0.39, 0.29) is 0 Å². The number of hydrogen-bond donors (Lipinski definition) is 1. The predicted octanol–water partition coefficient (Wildman–Crippen LogP) is 4.29. The summed E-state index contributed by atoms with van der Waals surface area (Å²) in [7, 11) is 0. The molecule has 2 aromatic heterocycles. The Morgan fingerprint density at radius 1 is 1.10 bits per heavy atom. The van der Waals surface area contributed by atoms with Crippen LogP contribution in [-0.4, -0.2) is 4.98 Å². The van der Waals surface area contributed by atoms with Gasteiger partial charge in [-0.3, -0.25) is 0 Å². The zero-order chi connectivity index (χ0) is 14.5. The Morgan fingerprint density at radius 2 is 1.95 bits per heavy atom. The van der Waals surface area contributed by atoms with Gasteiger partial charge in [-0.25, -0.2) is 4.98 Å². The largest absolute Gasteiger partial charge is 0.365 e. The van der Waals surface area contributed by atoms with E-state index in [1.165, 1.54) is 0 Å². The Labute approximate surface area is 127 Å². The van der Waals surface area contributed by atoms with E-state index < -0.39 is 0 Å². The van der Waals surface area contributed by atoms with E-state index in [0.29, 0.717) is 17.9 Å². The van der Waals surface area contributed by atoms with Crippen molar-refractivity contribution >= 4 is 17.2 Å². The molecule has 0 aliphatic carbocycles. The lowest BCUT2D eigenvalue weighted by molar-refractivity contribution is 1.11. The van der Waals surface area contributed by atoms with E-state index in [0.717, 1.165) is 16.0 Å². The van der Waals surface area contributed by atoms with Crippen molar-refractivity contribution in [3.8, 4) is 16.5 Å². The maximum atomic E-state index is 9.47. The van der Waals surface area contributed by atoms with Crippen LogP contribution in [0.15, 0.2) is 60.1 Å². The van der Waals surface area contributed by atoms with Gasteiger partial charge >= 0.3 is 0 Å². The second-order valence-electron chi connectivity index (χ2n) is 4.51. The highest BCUT2D eigenvalue weighted by Gasteiger charge is 2.11. The molecule has 0 fully saturated rings. The first-order valence-electron chi connectivity index (χ1n) is 6.59. The molecule has 0 atom stereocenters. The van der Waals surface area contributed by atoms with E-state index in [2.05, 4.69) is 16.4 Å². The zero-order valence-electron chi connectivity index (χ0n) is 11.3. The monoisotopic (exact) mass is 291 g/mol. The molecular formula is C17H13N3S. The van der Waals surface area contributed by atoms with Crippen molar-refractivity contribution in [1.82, 2.24) is 4.98 Å². The van der Waals surface area contributed by atoms with Crippen LogP contribution in [0.5, 0.6) is 0 Å². The molecule has 0 spiro atoms. The maximum Gasteiger partial charge on any atom is 0.144 e. The highest BCUT2D eigenvalue weighted by molar-refractivity contribution is 7.13. The standard InChI is InChI=1S/C17H13N3S/c18-11-15-14(16-7-4-10-21-16)8-9-19-17(15)20-12-13-5-2-1-3-6-13/h1-10H,12H2,(H,19,20). The number of nitrogens with zero attached hydrogens (tertiary/aromatic N) is 2. The first-order valence-corrected chi connectivity index (χ1v) is 7.47. The van der Waals surface area contributed by atoms with Crippen molar-refractivity contribution in [2.75, 3.05) is 5.32 Å². The summed E-state index contributed by atoms with van der Waals surface area (Å²) >= 11 is 1.62. The summed E-state index contributed by atoms with van der Waals surface area (Å²) in [6.45, 7) is 0.649. The smallest absolute Gasteiger partial charge is 0.144 e. The minimum atomic E-state index is 0.593. The van der Waals surface area contributed by atoms with E-state index in [9.17, 15) is 5.26 Å². The number of hydrogen-bond acceptors (Lipinski definition) is 4. The van der Waals surface area contributed by atoms with Gasteiger partial charge in [-0.2, -0.15) is 5.26 Å². The molecule has 102 valence electrons. The predicted molar refractivity (Wildman–Crippen MR) is 86.0 cm³/mol. The molecule has 0 saturated heterocycles. The number of pyridine rings is 1. The maximum absolute atomic E-state index is 9.47. The SMILES string of the molecule is N#Cc1c(-c2cccs2)ccnc1NCc1ccccc1. The second-order valence-corrected chi connectivity index (χ2v) is 5.46. The van der Waals surface area contributed by atoms with Gasteiger partial charge in [-0.15, -0.1) is 11.3 Å². The van der Waals surface area contributed by atoms with Crippen LogP contribution in [0.3, 0.4) is 0 Å². The third kappa shape index (κ3) is 2.93. The molecule has 2 heterocycles. The molecule has 1 N–H and O–H groups in total. The van der Waals surface area contributed by atoms with Gasteiger partial charge in [0.15, 0.2) is 0 Å². The summed E-state index contributed by atoms with van der Waals surface area (Å²) in [5.74, 6) is 0.632. The molecule has 0 amide bonds. The lowest BCUT2D eigenvalue weighted by atomic mass is 10.1. The van der Waals surface area contributed by atoms with Crippen LogP contribution in [-0.2, 0) is 6.54 Å². The van der Waals surface area contributed by atoms with E-state index in [1.54, 1.807) is 17.5 Å². The Bertz CT molecular complexity index is 758. The number of rotatable bonds is 4. The van der Waals surface area contributed by atoms with Gasteiger partial charge in [-0.05, 0) is 23.1 Å². The summed E-state index contributed by atoms with van der Waals surface area (Å²) in [4.78, 5) is 5.39. The van der Waals surface area contributed by atoms with Crippen molar-refractivity contribution in [2.24, 2.45) is 0 Å². The van der Waals surface area contributed by atoms with Crippen molar-refractivity contribution in [1.29, 1.82) is 5.26 Å². The van der Waals surface area contributed by atoms with Crippen molar-refractivity contribution in [2.45, 2.75) is 6.54 Å². The fourth-order valence-corrected chi connectivity index (χ4v) is 2.89. The van der Waals surface area contributed by atoms with E-state index >= 15 is 0 Å². The summed E-state index contributed by atoms with van der Waals surface area (Å²) in [5.41, 5.74) is 2.68. The lowest BCUT2D eigenvalue weighted by Gasteiger charge is -2.10. The van der Waals surface area contributed by atoms with Gasteiger partial charge in [-0.1, -0.05) is 36.4 Å². The third-order valence-corrected chi connectivity index (χ3v) is 4.06. The molecule has 0 unspecified atom stereocenters. The Kier molecular flexibility index (Phi) is 3.95. The molecule has 0 saturated carbocycles. The molecule has 1 aromatic carbocycles. The fourth-order valence-electron chi connectivity index (χ4n) is 2.13. The third-order valence-electron chi connectivity index (χ3n) is 3.15. The van der Waals surface area contributed by atoms with Crippen LogP contribution < -0.4 is 5.32 Å². The van der Waals surface area contributed by atoms with E-state index in [4.69, 9.17) is 0 Å². The Hall–Kier alpha value is -2.64. The van der Waals surface area contributed by atoms with Gasteiger partial charge in [0.1, 0.15) is 17.5 Å². The quantitative estimate of drug-likeness (QED) is 0.780. The number of nitrogens with one attached hydrogen (secondary N) is 1. The van der Waals surface area contributed by atoms with Gasteiger partial charge in [0.05, 0.1) is 0 Å². The summed E-state index contributed by atoms with van der Waals surface area (Å²) in [6, 6.07) is 18.2. The average molecular weight is 291 g/mol. The molecule has 0 bridgehead atoms. The fraction of sp³-hybridized carbons (Fsp3) is 0.0588. The molecule has 0 aliphatic rings. The highest BCUT2D eigenvalue weighted by Crippen LogP contribution is 2.30. The number of aromatic nitrogens is 1.